The first kappa shape index (κ1) is 29.5. The zero-order chi connectivity index (χ0) is 29.4. The Morgan fingerprint density at radius 3 is 2.22 bits per heavy atom. The molecule has 1 atom stereocenters. The van der Waals surface area contributed by atoms with Crippen LogP contribution < -0.4 is 16.0 Å². The molecule has 0 saturated heterocycles. The van der Waals surface area contributed by atoms with Gasteiger partial charge in [-0.05, 0) is 48.4 Å². The Morgan fingerprint density at radius 2 is 1.61 bits per heavy atom. The minimum atomic E-state index is -0.823. The highest BCUT2D eigenvalue weighted by atomic mass is 35.5. The van der Waals surface area contributed by atoms with E-state index >= 15 is 0 Å². The van der Waals surface area contributed by atoms with Crippen LogP contribution in [0.3, 0.4) is 0 Å². The molecule has 1 aliphatic rings. The predicted molar refractivity (Wildman–Crippen MR) is 162 cm³/mol. The molecule has 41 heavy (non-hydrogen) atoms. The van der Waals surface area contributed by atoms with Crippen molar-refractivity contribution < 1.29 is 19.1 Å². The number of benzene rings is 3. The first-order valence-corrected chi connectivity index (χ1v) is 14.1. The van der Waals surface area contributed by atoms with Gasteiger partial charge in [0.1, 0.15) is 0 Å². The lowest BCUT2D eigenvalue weighted by atomic mass is 9.81. The summed E-state index contributed by atoms with van der Waals surface area (Å²) in [4.78, 5) is 37.5. The number of nitriles is 1. The maximum atomic E-state index is 13.4. The van der Waals surface area contributed by atoms with E-state index in [9.17, 15) is 19.6 Å². The van der Waals surface area contributed by atoms with Gasteiger partial charge in [0.05, 0.1) is 46.2 Å². The molecule has 0 bridgehead atoms. The van der Waals surface area contributed by atoms with Crippen molar-refractivity contribution in [3.05, 3.63) is 111 Å². The fourth-order valence-electron chi connectivity index (χ4n) is 4.35. The third-order valence-corrected chi connectivity index (χ3v) is 7.42. The molecule has 0 aliphatic carbocycles. The second kappa shape index (κ2) is 13.7. The molecular formula is C31H27ClN4O4S. The van der Waals surface area contributed by atoms with Crippen LogP contribution in [0.2, 0.25) is 5.02 Å². The summed E-state index contributed by atoms with van der Waals surface area (Å²) in [6, 6.07) is 25.3. The number of amides is 2. The van der Waals surface area contributed by atoms with Gasteiger partial charge < -0.3 is 20.7 Å². The molecule has 208 valence electrons. The standard InChI is InChI=1S/C31H27ClN4O4S/c1-3-40-31(39)28-27(23-11-7-8-12-25(23)32)24(17-33)30(36-29(28)20-9-5-4-6-10-20)41-18-26(38)35-22-15-13-21(14-16-22)34-19(2)37/h4-16,27,36H,3,18H2,1-2H3,(H,34,37)(H,35,38)/t27-/m1/s1. The molecule has 0 saturated carbocycles. The lowest BCUT2D eigenvalue weighted by molar-refractivity contribution is -0.138. The van der Waals surface area contributed by atoms with Crippen molar-refractivity contribution in [1.29, 1.82) is 5.26 Å². The zero-order valence-corrected chi connectivity index (χ0v) is 23.9. The first-order valence-electron chi connectivity index (χ1n) is 12.7. The molecule has 10 heteroatoms. The molecule has 0 unspecified atom stereocenters. The number of esters is 1. The van der Waals surface area contributed by atoms with Crippen LogP contribution in [-0.4, -0.2) is 30.1 Å². The van der Waals surface area contributed by atoms with E-state index in [1.807, 2.05) is 30.3 Å². The topological polar surface area (TPSA) is 120 Å². The summed E-state index contributed by atoms with van der Waals surface area (Å²) in [6.45, 7) is 3.29. The molecule has 2 amide bonds. The summed E-state index contributed by atoms with van der Waals surface area (Å²) in [7, 11) is 0. The van der Waals surface area contributed by atoms with Gasteiger partial charge >= 0.3 is 5.97 Å². The number of nitrogens with one attached hydrogen (secondary N) is 3. The number of rotatable bonds is 9. The van der Waals surface area contributed by atoms with Crippen molar-refractivity contribution >= 4 is 58.2 Å². The van der Waals surface area contributed by atoms with Gasteiger partial charge in [0.2, 0.25) is 11.8 Å². The number of carbonyl (C=O) groups excluding carboxylic acids is 3. The summed E-state index contributed by atoms with van der Waals surface area (Å²) in [6.07, 6.45) is 0. The van der Waals surface area contributed by atoms with Gasteiger partial charge in [-0.3, -0.25) is 9.59 Å². The van der Waals surface area contributed by atoms with Crippen molar-refractivity contribution in [1.82, 2.24) is 5.32 Å². The van der Waals surface area contributed by atoms with Crippen LogP contribution in [0.15, 0.2) is 95.0 Å². The SMILES string of the molecule is CCOC(=O)C1=C(c2ccccc2)NC(SCC(=O)Nc2ccc(NC(C)=O)cc2)=C(C#N)[C@H]1c1ccccc1Cl. The number of hydrogen-bond donors (Lipinski definition) is 3. The van der Waals surface area contributed by atoms with Gasteiger partial charge in [-0.2, -0.15) is 5.26 Å². The molecule has 0 radical (unpaired) electrons. The third-order valence-electron chi connectivity index (χ3n) is 6.06. The Balaban J connectivity index is 1.69. The molecule has 0 spiro atoms. The Hall–Kier alpha value is -4.52. The Kier molecular flexibility index (Phi) is 9.85. The lowest BCUT2D eigenvalue weighted by Crippen LogP contribution is -2.30. The smallest absolute Gasteiger partial charge is 0.337 e. The highest BCUT2D eigenvalue weighted by Crippen LogP contribution is 2.45. The van der Waals surface area contributed by atoms with Crippen LogP contribution in [0.25, 0.3) is 5.70 Å². The average molecular weight is 587 g/mol. The van der Waals surface area contributed by atoms with Gasteiger partial charge in [0, 0.05) is 23.3 Å². The maximum absolute atomic E-state index is 13.4. The normalized spacial score (nSPS) is 14.5. The molecule has 8 nitrogen and oxygen atoms in total. The number of thioether (sulfide) groups is 1. The van der Waals surface area contributed by atoms with E-state index in [-0.39, 0.29) is 35.3 Å². The number of anilines is 2. The summed E-state index contributed by atoms with van der Waals surface area (Å²) >= 11 is 7.75. The maximum Gasteiger partial charge on any atom is 0.337 e. The van der Waals surface area contributed by atoms with E-state index < -0.39 is 11.9 Å². The second-order valence-corrected chi connectivity index (χ2v) is 10.3. The number of hydrogen-bond acceptors (Lipinski definition) is 7. The Morgan fingerprint density at radius 1 is 0.976 bits per heavy atom. The van der Waals surface area contributed by atoms with Crippen LogP contribution >= 0.6 is 23.4 Å². The van der Waals surface area contributed by atoms with Gasteiger partial charge in [0.25, 0.3) is 0 Å². The number of allylic oxidation sites excluding steroid dienone is 1. The molecule has 0 aromatic heterocycles. The van der Waals surface area contributed by atoms with Crippen LogP contribution in [0.5, 0.6) is 0 Å². The van der Waals surface area contributed by atoms with Crippen molar-refractivity contribution in [2.24, 2.45) is 0 Å². The summed E-state index contributed by atoms with van der Waals surface area (Å²) in [5.41, 5.74) is 3.44. The Bertz CT molecular complexity index is 1560. The van der Waals surface area contributed by atoms with E-state index in [0.29, 0.717) is 38.3 Å². The van der Waals surface area contributed by atoms with Gasteiger partial charge in [-0.15, -0.1) is 0 Å². The number of ether oxygens (including phenoxy) is 1. The number of halogens is 1. The molecule has 1 aliphatic heterocycles. The Labute approximate surface area is 247 Å². The second-order valence-electron chi connectivity index (χ2n) is 8.90. The van der Waals surface area contributed by atoms with E-state index in [0.717, 1.165) is 11.8 Å². The molecule has 3 N–H and O–H groups in total. The number of dihydropyridines is 1. The lowest BCUT2D eigenvalue weighted by Gasteiger charge is -2.31. The first-order chi connectivity index (χ1) is 19.8. The highest BCUT2D eigenvalue weighted by Gasteiger charge is 2.38. The van der Waals surface area contributed by atoms with Gasteiger partial charge in [-0.25, -0.2) is 4.79 Å². The monoisotopic (exact) mass is 586 g/mol. The van der Waals surface area contributed by atoms with Crippen LogP contribution in [-0.2, 0) is 19.1 Å². The minimum absolute atomic E-state index is 0.0208. The van der Waals surface area contributed by atoms with Crippen LogP contribution in [0, 0.1) is 11.3 Å². The minimum Gasteiger partial charge on any atom is -0.463 e. The molecule has 4 rings (SSSR count). The van der Waals surface area contributed by atoms with Crippen molar-refractivity contribution in [3.8, 4) is 6.07 Å². The molecule has 3 aromatic rings. The van der Waals surface area contributed by atoms with E-state index in [1.54, 1.807) is 55.5 Å². The van der Waals surface area contributed by atoms with Crippen molar-refractivity contribution in [2.45, 2.75) is 19.8 Å². The fourth-order valence-corrected chi connectivity index (χ4v) is 5.44. The van der Waals surface area contributed by atoms with Crippen molar-refractivity contribution in [3.63, 3.8) is 0 Å². The summed E-state index contributed by atoms with van der Waals surface area (Å²) in [5, 5.41) is 19.9. The van der Waals surface area contributed by atoms with Crippen LogP contribution in [0.1, 0.15) is 30.9 Å². The van der Waals surface area contributed by atoms with Gasteiger partial charge in [0.15, 0.2) is 0 Å². The predicted octanol–water partition coefficient (Wildman–Crippen LogP) is 6.07. The summed E-state index contributed by atoms with van der Waals surface area (Å²) < 4.78 is 5.44. The van der Waals surface area contributed by atoms with Crippen molar-refractivity contribution in [2.75, 3.05) is 23.0 Å². The molecule has 3 aromatic carbocycles. The highest BCUT2D eigenvalue weighted by molar-refractivity contribution is 8.03. The molecule has 0 fully saturated rings. The number of nitrogens with zero attached hydrogens (tertiary/aromatic N) is 1. The third kappa shape index (κ3) is 7.17. The quantitative estimate of drug-likeness (QED) is 0.260. The van der Waals surface area contributed by atoms with Gasteiger partial charge in [-0.1, -0.05) is 71.9 Å². The summed E-state index contributed by atoms with van der Waals surface area (Å²) in [5.74, 6) is -1.90. The van der Waals surface area contributed by atoms with E-state index in [4.69, 9.17) is 16.3 Å². The molecule has 1 heterocycles. The largest absolute Gasteiger partial charge is 0.463 e. The average Bonchev–Trinajstić information content (AvgIpc) is 2.97. The van der Waals surface area contributed by atoms with E-state index in [1.165, 1.54) is 6.92 Å². The fraction of sp³-hybridized carbons (Fsp3) is 0.161. The number of carbonyl (C=O) groups is 3. The van der Waals surface area contributed by atoms with Crippen LogP contribution in [0.4, 0.5) is 11.4 Å². The van der Waals surface area contributed by atoms with E-state index in [2.05, 4.69) is 22.0 Å². The molecular weight excluding hydrogens is 560 g/mol. The zero-order valence-electron chi connectivity index (χ0n) is 22.4.